The zero-order valence-electron chi connectivity index (χ0n) is 8.01. The summed E-state index contributed by atoms with van der Waals surface area (Å²) in [5.74, 6) is 0. The van der Waals surface area contributed by atoms with Gasteiger partial charge in [0.2, 0.25) is 10.0 Å². The number of sulfonamides is 1. The van der Waals surface area contributed by atoms with Crippen molar-refractivity contribution in [2.75, 3.05) is 6.26 Å². The predicted molar refractivity (Wildman–Crippen MR) is 54.0 cm³/mol. The molecule has 1 aliphatic carbocycles. The molecule has 0 saturated heterocycles. The van der Waals surface area contributed by atoms with Gasteiger partial charge in [-0.1, -0.05) is 6.42 Å². The normalized spacial score (nSPS) is 30.1. The highest BCUT2D eigenvalue weighted by Gasteiger charge is 2.33. The minimum atomic E-state index is -3.58. The topological polar surface area (TPSA) is 94.3 Å². The van der Waals surface area contributed by atoms with Crippen LogP contribution in [0.25, 0.3) is 0 Å². The summed E-state index contributed by atoms with van der Waals surface area (Å²) in [7, 11) is -6.72. The monoisotopic (exact) mass is 241 g/mol. The maximum Gasteiger partial charge on any atom is 0.212 e. The molecule has 1 fully saturated rings. The molecule has 1 rings (SSSR count). The first-order chi connectivity index (χ1) is 6.21. The lowest BCUT2D eigenvalue weighted by molar-refractivity contribution is 0.473. The van der Waals surface area contributed by atoms with Crippen molar-refractivity contribution in [2.45, 2.75) is 36.2 Å². The zero-order valence-corrected chi connectivity index (χ0v) is 9.64. The van der Waals surface area contributed by atoms with E-state index in [1.54, 1.807) is 0 Å². The third-order valence-corrected chi connectivity index (χ3v) is 5.64. The quantitative estimate of drug-likeness (QED) is 0.713. The zero-order chi connectivity index (χ0) is 11.0. The van der Waals surface area contributed by atoms with Gasteiger partial charge >= 0.3 is 0 Å². The van der Waals surface area contributed by atoms with Crippen LogP contribution >= 0.6 is 0 Å². The molecule has 2 unspecified atom stereocenters. The van der Waals surface area contributed by atoms with Gasteiger partial charge in [0.05, 0.1) is 10.5 Å². The van der Waals surface area contributed by atoms with Crippen LogP contribution in [0.5, 0.6) is 0 Å². The first-order valence-corrected chi connectivity index (χ1v) is 7.98. The van der Waals surface area contributed by atoms with Gasteiger partial charge in [-0.25, -0.2) is 22.0 Å². The molecule has 0 amide bonds. The lowest BCUT2D eigenvalue weighted by atomic mass is 10.00. The first kappa shape index (κ1) is 11.9. The molecule has 0 aromatic carbocycles. The van der Waals surface area contributed by atoms with Gasteiger partial charge in [-0.3, -0.25) is 0 Å². The summed E-state index contributed by atoms with van der Waals surface area (Å²) in [6.07, 6.45) is 2.93. The summed E-state index contributed by atoms with van der Waals surface area (Å²) < 4.78 is 44.5. The largest absolute Gasteiger partial charge is 0.229 e. The van der Waals surface area contributed by atoms with Crippen LogP contribution in [-0.4, -0.2) is 33.6 Å². The third-order valence-electron chi connectivity index (χ3n) is 2.65. The average Bonchev–Trinajstić information content (AvgIpc) is 2.01. The number of primary sulfonamides is 1. The van der Waals surface area contributed by atoms with E-state index in [-0.39, 0.29) is 6.42 Å². The van der Waals surface area contributed by atoms with E-state index in [1.165, 1.54) is 0 Å². The van der Waals surface area contributed by atoms with Crippen LogP contribution in [-0.2, 0) is 19.9 Å². The Hall–Kier alpha value is -0.140. The second kappa shape index (κ2) is 3.79. The van der Waals surface area contributed by atoms with Gasteiger partial charge < -0.3 is 0 Å². The fraction of sp³-hybridized carbons (Fsp3) is 1.00. The highest BCUT2D eigenvalue weighted by molar-refractivity contribution is 7.91. The van der Waals surface area contributed by atoms with E-state index >= 15 is 0 Å². The molecule has 14 heavy (non-hydrogen) atoms. The summed E-state index contributed by atoms with van der Waals surface area (Å²) >= 11 is 0. The summed E-state index contributed by atoms with van der Waals surface area (Å²) in [4.78, 5) is 0. The van der Waals surface area contributed by atoms with Crippen molar-refractivity contribution < 1.29 is 16.8 Å². The Bertz CT molecular complexity index is 359. The molecule has 2 atom stereocenters. The Morgan fingerprint density at radius 1 is 1.07 bits per heavy atom. The van der Waals surface area contributed by atoms with Gasteiger partial charge in [-0.2, -0.15) is 0 Å². The predicted octanol–water partition coefficient (Wildman–Crippen LogP) is -0.369. The summed E-state index contributed by atoms with van der Waals surface area (Å²) in [6, 6.07) is 0. The SMILES string of the molecule is CS(=O)(=O)C1CCCC(S(N)(=O)=O)C1. The lowest BCUT2D eigenvalue weighted by Gasteiger charge is -2.26. The molecule has 1 aliphatic rings. The van der Waals surface area contributed by atoms with Gasteiger partial charge in [-0.15, -0.1) is 0 Å². The Morgan fingerprint density at radius 2 is 1.57 bits per heavy atom. The van der Waals surface area contributed by atoms with Crippen molar-refractivity contribution >= 4 is 19.9 Å². The van der Waals surface area contributed by atoms with Gasteiger partial charge in [0.1, 0.15) is 9.84 Å². The van der Waals surface area contributed by atoms with Crippen LogP contribution in [0.15, 0.2) is 0 Å². The van der Waals surface area contributed by atoms with Crippen molar-refractivity contribution in [3.63, 3.8) is 0 Å². The summed E-state index contributed by atoms with van der Waals surface area (Å²) in [5, 5.41) is 3.77. The average molecular weight is 241 g/mol. The fourth-order valence-electron chi connectivity index (χ4n) is 1.79. The summed E-state index contributed by atoms with van der Waals surface area (Å²) in [6.45, 7) is 0. The van der Waals surface area contributed by atoms with Crippen molar-refractivity contribution in [3.8, 4) is 0 Å². The number of sulfone groups is 1. The Balaban J connectivity index is 2.81. The van der Waals surface area contributed by atoms with Crippen molar-refractivity contribution in [3.05, 3.63) is 0 Å². The molecule has 7 heteroatoms. The lowest BCUT2D eigenvalue weighted by Crippen LogP contribution is -2.37. The maximum absolute atomic E-state index is 11.2. The Labute approximate surface area is 84.6 Å². The third kappa shape index (κ3) is 2.93. The van der Waals surface area contributed by atoms with Crippen LogP contribution < -0.4 is 5.14 Å². The highest BCUT2D eigenvalue weighted by atomic mass is 32.2. The highest BCUT2D eigenvalue weighted by Crippen LogP contribution is 2.26. The minimum Gasteiger partial charge on any atom is -0.229 e. The molecule has 0 aromatic rings. The van der Waals surface area contributed by atoms with Crippen LogP contribution in [0.1, 0.15) is 25.7 Å². The van der Waals surface area contributed by atoms with Crippen molar-refractivity contribution in [1.82, 2.24) is 0 Å². The fourth-order valence-corrected chi connectivity index (χ4v) is 4.08. The number of hydrogen-bond donors (Lipinski definition) is 1. The molecule has 0 radical (unpaired) electrons. The molecule has 0 heterocycles. The second-order valence-electron chi connectivity index (χ2n) is 3.83. The molecule has 5 nitrogen and oxygen atoms in total. The van der Waals surface area contributed by atoms with E-state index in [1.807, 2.05) is 0 Å². The van der Waals surface area contributed by atoms with Crippen molar-refractivity contribution in [2.24, 2.45) is 5.14 Å². The Morgan fingerprint density at radius 3 is 2.00 bits per heavy atom. The maximum atomic E-state index is 11.2. The smallest absolute Gasteiger partial charge is 0.212 e. The van der Waals surface area contributed by atoms with Crippen LogP contribution in [0.2, 0.25) is 0 Å². The number of nitrogens with two attached hydrogens (primary N) is 1. The molecule has 0 aromatic heterocycles. The first-order valence-electron chi connectivity index (χ1n) is 4.42. The van der Waals surface area contributed by atoms with E-state index in [9.17, 15) is 16.8 Å². The van der Waals surface area contributed by atoms with E-state index in [0.717, 1.165) is 6.26 Å². The molecule has 0 aliphatic heterocycles. The molecule has 84 valence electrons. The van der Waals surface area contributed by atoms with E-state index in [4.69, 9.17) is 5.14 Å². The van der Waals surface area contributed by atoms with Crippen LogP contribution in [0.4, 0.5) is 0 Å². The van der Waals surface area contributed by atoms with Crippen LogP contribution in [0.3, 0.4) is 0 Å². The number of hydrogen-bond acceptors (Lipinski definition) is 4. The molecule has 1 saturated carbocycles. The standard InChI is InChI=1S/C7H15NO4S2/c1-13(9,10)6-3-2-4-7(5-6)14(8,11)12/h6-7H,2-5H2,1H3,(H2,8,11,12). The van der Waals surface area contributed by atoms with E-state index < -0.39 is 30.4 Å². The molecular weight excluding hydrogens is 226 g/mol. The number of rotatable bonds is 2. The van der Waals surface area contributed by atoms with Gasteiger partial charge in [0, 0.05) is 6.26 Å². The second-order valence-corrected chi connectivity index (χ2v) is 8.00. The van der Waals surface area contributed by atoms with Gasteiger partial charge in [0.25, 0.3) is 0 Å². The van der Waals surface area contributed by atoms with Gasteiger partial charge in [0.15, 0.2) is 0 Å². The van der Waals surface area contributed by atoms with E-state index in [0.29, 0.717) is 19.3 Å². The van der Waals surface area contributed by atoms with Crippen molar-refractivity contribution in [1.29, 1.82) is 0 Å². The summed E-state index contributed by atoms with van der Waals surface area (Å²) in [5.41, 5.74) is 0. The molecular formula is C7H15NO4S2. The molecule has 0 spiro atoms. The molecule has 0 bridgehead atoms. The van der Waals surface area contributed by atoms with Gasteiger partial charge in [-0.05, 0) is 19.3 Å². The minimum absolute atomic E-state index is 0.150. The Kier molecular flexibility index (Phi) is 3.23. The van der Waals surface area contributed by atoms with E-state index in [2.05, 4.69) is 0 Å². The molecule has 2 N–H and O–H groups in total. The van der Waals surface area contributed by atoms with Crippen LogP contribution in [0, 0.1) is 0 Å².